The van der Waals surface area contributed by atoms with Crippen molar-refractivity contribution < 1.29 is 0 Å². The molecule has 0 amide bonds. The van der Waals surface area contributed by atoms with E-state index in [1.807, 2.05) is 13.0 Å². The molecule has 84 valence electrons. The lowest BCUT2D eigenvalue weighted by atomic mass is 9.81. The molecular weight excluding hydrogens is 218 g/mol. The molecule has 1 aliphatic rings. The van der Waals surface area contributed by atoms with Crippen LogP contribution in [0.1, 0.15) is 36.8 Å². The number of hydrogen-bond acceptors (Lipinski definition) is 1. The van der Waals surface area contributed by atoms with Gasteiger partial charge >= 0.3 is 0 Å². The SMILES string of the molecule is Cc1ccc(CC2(C#N)CCCC2)c(Cl)c1. The number of aryl methyl sites for hydroxylation is 1. The molecule has 1 aromatic carbocycles. The standard InChI is InChI=1S/C14H16ClN/c1-11-4-5-12(13(15)8-11)9-14(10-16)6-2-3-7-14/h4-5,8H,2-3,6-7,9H2,1H3. The van der Waals surface area contributed by atoms with Gasteiger partial charge in [-0.3, -0.25) is 0 Å². The van der Waals surface area contributed by atoms with Crippen molar-refractivity contribution in [3.05, 3.63) is 34.3 Å². The Hall–Kier alpha value is -1.00. The predicted octanol–water partition coefficient (Wildman–Crippen LogP) is 4.27. The van der Waals surface area contributed by atoms with Crippen molar-refractivity contribution in [3.8, 4) is 6.07 Å². The highest BCUT2D eigenvalue weighted by Crippen LogP contribution is 2.41. The van der Waals surface area contributed by atoms with E-state index >= 15 is 0 Å². The first-order valence-electron chi connectivity index (χ1n) is 5.81. The van der Waals surface area contributed by atoms with E-state index in [4.69, 9.17) is 11.6 Å². The topological polar surface area (TPSA) is 23.8 Å². The van der Waals surface area contributed by atoms with E-state index in [0.717, 1.165) is 29.8 Å². The van der Waals surface area contributed by atoms with Crippen LogP contribution in [0, 0.1) is 23.7 Å². The second-order valence-electron chi connectivity index (χ2n) is 4.87. The van der Waals surface area contributed by atoms with Crippen LogP contribution < -0.4 is 0 Å². The zero-order valence-electron chi connectivity index (χ0n) is 9.59. The van der Waals surface area contributed by atoms with Gasteiger partial charge in [0, 0.05) is 5.02 Å². The van der Waals surface area contributed by atoms with Crippen LogP contribution in [0.2, 0.25) is 5.02 Å². The first kappa shape index (κ1) is 11.5. The van der Waals surface area contributed by atoms with Crippen molar-refractivity contribution in [2.45, 2.75) is 39.0 Å². The third kappa shape index (κ3) is 2.23. The van der Waals surface area contributed by atoms with Crippen LogP contribution in [0.4, 0.5) is 0 Å². The normalized spacial score (nSPS) is 18.3. The number of hydrogen-bond donors (Lipinski definition) is 0. The Balaban J connectivity index is 2.23. The molecule has 1 nitrogen and oxygen atoms in total. The summed E-state index contributed by atoms with van der Waals surface area (Å²) in [7, 11) is 0. The molecule has 0 saturated heterocycles. The molecule has 1 saturated carbocycles. The summed E-state index contributed by atoms with van der Waals surface area (Å²) in [6.45, 7) is 2.03. The highest BCUT2D eigenvalue weighted by atomic mass is 35.5. The molecule has 16 heavy (non-hydrogen) atoms. The fraction of sp³-hybridized carbons (Fsp3) is 0.500. The van der Waals surface area contributed by atoms with E-state index in [0.29, 0.717) is 0 Å². The first-order valence-corrected chi connectivity index (χ1v) is 6.19. The van der Waals surface area contributed by atoms with Gasteiger partial charge < -0.3 is 0 Å². The van der Waals surface area contributed by atoms with E-state index in [9.17, 15) is 5.26 Å². The van der Waals surface area contributed by atoms with Gasteiger partial charge in [-0.1, -0.05) is 36.6 Å². The van der Waals surface area contributed by atoms with Gasteiger partial charge in [0.25, 0.3) is 0 Å². The quantitative estimate of drug-likeness (QED) is 0.748. The Labute approximate surface area is 102 Å². The maximum absolute atomic E-state index is 9.33. The molecule has 1 fully saturated rings. The van der Waals surface area contributed by atoms with Crippen LogP contribution in [0.5, 0.6) is 0 Å². The van der Waals surface area contributed by atoms with Crippen molar-refractivity contribution in [2.24, 2.45) is 5.41 Å². The summed E-state index contributed by atoms with van der Waals surface area (Å²) in [6.07, 6.45) is 5.21. The summed E-state index contributed by atoms with van der Waals surface area (Å²) in [6, 6.07) is 8.63. The Morgan fingerprint density at radius 3 is 2.62 bits per heavy atom. The monoisotopic (exact) mass is 233 g/mol. The van der Waals surface area contributed by atoms with Crippen LogP contribution in [-0.2, 0) is 6.42 Å². The van der Waals surface area contributed by atoms with Gasteiger partial charge in [-0.2, -0.15) is 5.26 Å². The fourth-order valence-corrected chi connectivity index (χ4v) is 2.84. The molecule has 2 rings (SSSR count). The van der Waals surface area contributed by atoms with Gasteiger partial charge in [0.05, 0.1) is 11.5 Å². The molecule has 0 bridgehead atoms. The van der Waals surface area contributed by atoms with Gasteiger partial charge in [-0.25, -0.2) is 0 Å². The van der Waals surface area contributed by atoms with Gasteiger partial charge in [0.15, 0.2) is 0 Å². The molecule has 0 heterocycles. The second-order valence-corrected chi connectivity index (χ2v) is 5.28. The highest BCUT2D eigenvalue weighted by molar-refractivity contribution is 6.31. The second kappa shape index (κ2) is 4.47. The minimum absolute atomic E-state index is 0.154. The molecule has 1 aliphatic carbocycles. The summed E-state index contributed by atoms with van der Waals surface area (Å²) >= 11 is 6.22. The zero-order valence-corrected chi connectivity index (χ0v) is 10.3. The van der Waals surface area contributed by atoms with Crippen LogP contribution in [-0.4, -0.2) is 0 Å². The summed E-state index contributed by atoms with van der Waals surface area (Å²) in [5.74, 6) is 0. The Morgan fingerprint density at radius 1 is 1.38 bits per heavy atom. The largest absolute Gasteiger partial charge is 0.198 e. The maximum atomic E-state index is 9.33. The first-order chi connectivity index (χ1) is 7.65. The Morgan fingerprint density at radius 2 is 2.06 bits per heavy atom. The van der Waals surface area contributed by atoms with Gasteiger partial charge in [-0.05, 0) is 43.4 Å². The van der Waals surface area contributed by atoms with Crippen molar-refractivity contribution >= 4 is 11.6 Å². The summed E-state index contributed by atoms with van der Waals surface area (Å²) in [5.41, 5.74) is 2.14. The minimum Gasteiger partial charge on any atom is -0.198 e. The van der Waals surface area contributed by atoms with Gasteiger partial charge in [0.2, 0.25) is 0 Å². The zero-order chi connectivity index (χ0) is 11.6. The van der Waals surface area contributed by atoms with Crippen LogP contribution in [0.3, 0.4) is 0 Å². The lowest BCUT2D eigenvalue weighted by Crippen LogP contribution is -2.17. The third-order valence-electron chi connectivity index (χ3n) is 3.54. The van der Waals surface area contributed by atoms with E-state index in [1.165, 1.54) is 18.4 Å². The lowest BCUT2D eigenvalue weighted by Gasteiger charge is -2.20. The number of nitriles is 1. The van der Waals surface area contributed by atoms with E-state index < -0.39 is 0 Å². The predicted molar refractivity (Wildman–Crippen MR) is 66.4 cm³/mol. The van der Waals surface area contributed by atoms with E-state index in [1.54, 1.807) is 0 Å². The molecule has 2 heteroatoms. The van der Waals surface area contributed by atoms with Crippen molar-refractivity contribution in [2.75, 3.05) is 0 Å². The summed E-state index contributed by atoms with van der Waals surface area (Å²) < 4.78 is 0. The number of nitrogens with zero attached hydrogens (tertiary/aromatic N) is 1. The number of benzene rings is 1. The molecule has 0 spiro atoms. The molecule has 0 atom stereocenters. The van der Waals surface area contributed by atoms with Crippen molar-refractivity contribution in [3.63, 3.8) is 0 Å². The van der Waals surface area contributed by atoms with E-state index in [-0.39, 0.29) is 5.41 Å². The lowest BCUT2D eigenvalue weighted by molar-refractivity contribution is 0.408. The average molecular weight is 234 g/mol. The molecule has 0 radical (unpaired) electrons. The average Bonchev–Trinajstić information content (AvgIpc) is 2.72. The van der Waals surface area contributed by atoms with Crippen LogP contribution in [0.15, 0.2) is 18.2 Å². The Kier molecular flexibility index (Phi) is 3.21. The van der Waals surface area contributed by atoms with Crippen LogP contribution >= 0.6 is 11.6 Å². The molecule has 0 unspecified atom stereocenters. The summed E-state index contributed by atoms with van der Waals surface area (Å²) in [5, 5.41) is 10.1. The van der Waals surface area contributed by atoms with Crippen LogP contribution in [0.25, 0.3) is 0 Å². The number of halogens is 1. The number of rotatable bonds is 2. The van der Waals surface area contributed by atoms with Gasteiger partial charge in [0.1, 0.15) is 0 Å². The summed E-state index contributed by atoms with van der Waals surface area (Å²) in [4.78, 5) is 0. The Bertz CT molecular complexity index is 425. The van der Waals surface area contributed by atoms with Crippen molar-refractivity contribution in [1.29, 1.82) is 5.26 Å². The van der Waals surface area contributed by atoms with Gasteiger partial charge in [-0.15, -0.1) is 0 Å². The van der Waals surface area contributed by atoms with Crippen molar-refractivity contribution in [1.82, 2.24) is 0 Å². The molecule has 0 N–H and O–H groups in total. The fourth-order valence-electron chi connectivity index (χ4n) is 2.54. The third-order valence-corrected chi connectivity index (χ3v) is 3.89. The molecule has 0 aromatic heterocycles. The smallest absolute Gasteiger partial charge is 0.0693 e. The maximum Gasteiger partial charge on any atom is 0.0693 e. The molecule has 0 aliphatic heterocycles. The minimum atomic E-state index is -0.154. The molecular formula is C14H16ClN. The molecule has 1 aromatic rings. The highest BCUT2D eigenvalue weighted by Gasteiger charge is 2.34. The van der Waals surface area contributed by atoms with E-state index in [2.05, 4.69) is 18.2 Å².